The summed E-state index contributed by atoms with van der Waals surface area (Å²) >= 11 is 0. The zero-order chi connectivity index (χ0) is 30.6. The van der Waals surface area contributed by atoms with Crippen LogP contribution in [0.1, 0.15) is 92.6 Å². The van der Waals surface area contributed by atoms with Gasteiger partial charge in [0, 0.05) is 24.7 Å². The topological polar surface area (TPSA) is 151 Å². The largest absolute Gasteiger partial charge is 0.508 e. The Morgan fingerprint density at radius 1 is 0.850 bits per heavy atom. The molecule has 226 valence electrons. The van der Waals surface area contributed by atoms with E-state index in [2.05, 4.69) is 0 Å². The van der Waals surface area contributed by atoms with Gasteiger partial charge in [-0.1, -0.05) is 67.4 Å². The van der Waals surface area contributed by atoms with E-state index in [0.29, 0.717) is 5.56 Å². The van der Waals surface area contributed by atoms with Crippen molar-refractivity contribution in [1.82, 2.24) is 0 Å². The van der Waals surface area contributed by atoms with Crippen LogP contribution in [0.3, 0.4) is 0 Å². The molecule has 40 heavy (non-hydrogen) atoms. The lowest BCUT2D eigenvalue weighted by Gasteiger charge is -2.31. The van der Waals surface area contributed by atoms with Crippen molar-refractivity contribution < 1.29 is 43.2 Å². The van der Waals surface area contributed by atoms with Crippen LogP contribution in [0.2, 0.25) is 0 Å². The first-order valence-corrected chi connectivity index (χ1v) is 14.1. The molecule has 1 aromatic rings. The number of carboxylic acid groups (broad SMARTS) is 1. The molecule has 10 nitrogen and oxygen atoms in total. The number of aliphatic carboxylic acids is 1. The summed E-state index contributed by atoms with van der Waals surface area (Å²) in [5.74, 6) is -3.35. The first kappa shape index (κ1) is 34.9. The zero-order valence-electron chi connectivity index (χ0n) is 25.1. The van der Waals surface area contributed by atoms with Crippen molar-refractivity contribution in [3.63, 3.8) is 0 Å². The number of rotatable bonds is 16. The van der Waals surface area contributed by atoms with Gasteiger partial charge >= 0.3 is 24.1 Å². The molecular formula is C30H47NO9. The van der Waals surface area contributed by atoms with Gasteiger partial charge in [0.05, 0.1) is 6.61 Å². The highest BCUT2D eigenvalue weighted by molar-refractivity contribution is 5.77. The summed E-state index contributed by atoms with van der Waals surface area (Å²) in [4.78, 5) is 49.4. The van der Waals surface area contributed by atoms with Gasteiger partial charge in [0.25, 0.3) is 0 Å². The second kappa shape index (κ2) is 16.8. The molecule has 1 aromatic carbocycles. The molecule has 0 aliphatic carbocycles. The van der Waals surface area contributed by atoms with Crippen LogP contribution < -0.4 is 15.2 Å². The maximum Gasteiger partial charge on any atom is 0.508 e. The van der Waals surface area contributed by atoms with Crippen LogP contribution in [0.4, 0.5) is 4.79 Å². The number of carbonyl (C=O) groups excluding carboxylic acids is 3. The average Bonchev–Trinajstić information content (AvgIpc) is 2.88. The van der Waals surface area contributed by atoms with Gasteiger partial charge in [-0.2, -0.15) is 0 Å². The van der Waals surface area contributed by atoms with Crippen molar-refractivity contribution >= 4 is 24.1 Å². The molecule has 6 atom stereocenters. The summed E-state index contributed by atoms with van der Waals surface area (Å²) in [6, 6.07) is 3.13. The highest BCUT2D eigenvalue weighted by atomic mass is 16.7. The number of hydrogen-bond donors (Lipinski definition) is 2. The highest BCUT2D eigenvalue weighted by Gasteiger charge is 2.36. The van der Waals surface area contributed by atoms with Gasteiger partial charge in [0.1, 0.15) is 12.1 Å². The second-order valence-corrected chi connectivity index (χ2v) is 11.1. The Balaban J connectivity index is 3.41. The van der Waals surface area contributed by atoms with Crippen LogP contribution in [0.25, 0.3) is 0 Å². The minimum atomic E-state index is -1.38. The van der Waals surface area contributed by atoms with E-state index < -0.39 is 48.0 Å². The van der Waals surface area contributed by atoms with Gasteiger partial charge in [-0.25, -0.2) is 4.79 Å². The number of ether oxygens (including phenoxy) is 4. The number of esters is 2. The Morgan fingerprint density at radius 3 is 1.85 bits per heavy atom. The molecule has 0 aromatic heterocycles. The molecule has 0 bridgehead atoms. The van der Waals surface area contributed by atoms with E-state index in [1.807, 2.05) is 41.5 Å². The van der Waals surface area contributed by atoms with E-state index in [-0.39, 0.29) is 48.7 Å². The van der Waals surface area contributed by atoms with Crippen molar-refractivity contribution in [2.45, 2.75) is 99.1 Å². The van der Waals surface area contributed by atoms with Crippen LogP contribution in [-0.2, 0) is 23.9 Å². The molecule has 0 amide bonds. The summed E-state index contributed by atoms with van der Waals surface area (Å²) < 4.78 is 21.7. The van der Waals surface area contributed by atoms with Crippen LogP contribution >= 0.6 is 0 Å². The maximum absolute atomic E-state index is 12.7. The highest BCUT2D eigenvalue weighted by Crippen LogP contribution is 2.37. The Hall–Kier alpha value is -3.14. The zero-order valence-corrected chi connectivity index (χ0v) is 25.1. The summed E-state index contributed by atoms with van der Waals surface area (Å²) in [7, 11) is 0. The van der Waals surface area contributed by atoms with Crippen molar-refractivity contribution in [3.8, 4) is 11.5 Å². The molecule has 0 radical (unpaired) electrons. The number of hydrogen-bond acceptors (Lipinski definition) is 9. The second-order valence-electron chi connectivity index (χ2n) is 11.1. The molecule has 5 unspecified atom stereocenters. The third kappa shape index (κ3) is 11.5. The van der Waals surface area contributed by atoms with E-state index in [0.717, 1.165) is 12.8 Å². The van der Waals surface area contributed by atoms with Gasteiger partial charge in [-0.15, -0.1) is 0 Å². The lowest BCUT2D eigenvalue weighted by molar-refractivity contribution is -0.140. The SMILES string of the molecule is CCC(C)CC(=O)Oc1ccc(C(C(C)C(C)OC(=O)OCC(C)C)[C@H](N)C(=O)O)cc1OC(=O)CC(C)CC. The van der Waals surface area contributed by atoms with Crippen LogP contribution in [0.15, 0.2) is 18.2 Å². The van der Waals surface area contributed by atoms with Gasteiger partial charge in [-0.05, 0) is 42.4 Å². The van der Waals surface area contributed by atoms with E-state index in [1.54, 1.807) is 19.9 Å². The maximum atomic E-state index is 12.7. The quantitative estimate of drug-likeness (QED) is 0.189. The van der Waals surface area contributed by atoms with E-state index in [9.17, 15) is 24.3 Å². The molecule has 3 N–H and O–H groups in total. The number of carbonyl (C=O) groups is 4. The molecule has 0 saturated heterocycles. The molecule has 0 heterocycles. The Kier molecular flexibility index (Phi) is 14.7. The van der Waals surface area contributed by atoms with Gasteiger partial charge in [0.15, 0.2) is 11.5 Å². The van der Waals surface area contributed by atoms with E-state index >= 15 is 0 Å². The molecule has 1 rings (SSSR count). The van der Waals surface area contributed by atoms with Crippen LogP contribution in [0, 0.1) is 23.7 Å². The smallest absolute Gasteiger partial charge is 0.480 e. The minimum Gasteiger partial charge on any atom is -0.480 e. The third-order valence-electron chi connectivity index (χ3n) is 7.02. The predicted molar refractivity (Wildman–Crippen MR) is 150 cm³/mol. The fourth-order valence-electron chi connectivity index (χ4n) is 3.89. The molecule has 0 aliphatic rings. The summed E-state index contributed by atoms with van der Waals surface area (Å²) in [5.41, 5.74) is 6.54. The van der Waals surface area contributed by atoms with Crippen LogP contribution in [0.5, 0.6) is 11.5 Å². The lowest BCUT2D eigenvalue weighted by Crippen LogP contribution is -2.42. The molecule has 10 heteroatoms. The Morgan fingerprint density at radius 2 is 1.38 bits per heavy atom. The fraction of sp³-hybridized carbons (Fsp3) is 0.667. The summed E-state index contributed by atoms with van der Waals surface area (Å²) in [6.45, 7) is 15.1. The monoisotopic (exact) mass is 565 g/mol. The average molecular weight is 566 g/mol. The predicted octanol–water partition coefficient (Wildman–Crippen LogP) is 5.70. The van der Waals surface area contributed by atoms with Crippen molar-refractivity contribution in [2.75, 3.05) is 6.61 Å². The van der Waals surface area contributed by atoms with Gasteiger partial charge in [0.2, 0.25) is 0 Å². The van der Waals surface area contributed by atoms with Crippen molar-refractivity contribution in [3.05, 3.63) is 23.8 Å². The van der Waals surface area contributed by atoms with Crippen LogP contribution in [-0.4, -0.2) is 47.9 Å². The standard InChI is InChI=1S/C30H47NO9/c1-9-18(5)13-25(32)39-23-12-11-22(15-24(23)40-26(33)14-19(6)10-2)27(28(31)29(34)35)20(7)21(8)38-30(36)37-16-17(3)4/h11-12,15,17-21,27-28H,9-10,13-14,16,31H2,1-8H3,(H,34,35)/t18?,19?,20?,21?,27?,28-/m0/s1. The third-order valence-corrected chi connectivity index (χ3v) is 7.02. The number of benzene rings is 1. The fourth-order valence-corrected chi connectivity index (χ4v) is 3.89. The Labute approximate surface area is 237 Å². The Bertz CT molecular complexity index is 993. The first-order chi connectivity index (χ1) is 18.7. The first-order valence-electron chi connectivity index (χ1n) is 14.1. The van der Waals surface area contributed by atoms with Gasteiger partial charge in [-0.3, -0.25) is 14.4 Å². The number of nitrogens with two attached hydrogens (primary N) is 1. The molecule has 0 fully saturated rings. The van der Waals surface area contributed by atoms with E-state index in [1.165, 1.54) is 12.1 Å². The minimum absolute atomic E-state index is 0.0111. The summed E-state index contributed by atoms with van der Waals surface area (Å²) in [5, 5.41) is 9.78. The van der Waals surface area contributed by atoms with Crippen molar-refractivity contribution in [1.29, 1.82) is 0 Å². The normalized spacial score (nSPS) is 15.8. The van der Waals surface area contributed by atoms with Gasteiger partial charge < -0.3 is 29.8 Å². The molecule has 0 saturated carbocycles. The van der Waals surface area contributed by atoms with Crippen molar-refractivity contribution in [2.24, 2.45) is 29.4 Å². The lowest BCUT2D eigenvalue weighted by atomic mass is 9.79. The van der Waals surface area contributed by atoms with E-state index in [4.69, 9.17) is 24.7 Å². The molecule has 0 aliphatic heterocycles. The summed E-state index contributed by atoms with van der Waals surface area (Å²) in [6.07, 6.45) is 0.278. The molecule has 0 spiro atoms. The number of carboxylic acids is 1. The molecular weight excluding hydrogens is 518 g/mol.